The van der Waals surface area contributed by atoms with Crippen molar-refractivity contribution in [2.24, 2.45) is 0 Å². The van der Waals surface area contributed by atoms with Gasteiger partial charge in [0.05, 0.1) is 13.2 Å². The largest absolute Gasteiger partial charge is 0.496 e. The summed E-state index contributed by atoms with van der Waals surface area (Å²) in [5.41, 5.74) is 7.11. The monoisotopic (exact) mass is 369 g/mol. The number of hydrogen-bond acceptors (Lipinski definition) is 4. The molecule has 2 heterocycles. The quantitative estimate of drug-likeness (QED) is 0.768. The number of fused-ring (bicyclic) bond motifs is 1. The Balaban J connectivity index is 1.66. The molecule has 0 saturated carbocycles. The Hall–Kier alpha value is -1.68. The lowest BCUT2D eigenvalue weighted by molar-refractivity contribution is 0.211. The fraction of sp³-hybridized carbons (Fsp3) is 0.652. The number of nitrogens with one attached hydrogen (secondary N) is 2. The second-order valence-corrected chi connectivity index (χ2v) is 8.23. The highest BCUT2D eigenvalue weighted by atomic mass is 16.5. The Kier molecular flexibility index (Phi) is 5.63. The van der Waals surface area contributed by atoms with E-state index in [0.717, 1.165) is 12.2 Å². The minimum Gasteiger partial charge on any atom is -0.496 e. The van der Waals surface area contributed by atoms with E-state index in [2.05, 4.69) is 41.5 Å². The molecule has 0 aromatic rings. The standard InChI is InChI=1S/C23H35N3O/c1-4-16-14-21-19(15-22(16)27-3)23(18-8-6-7-9-20(18)25-21)24-17-10-12-26(5-2)13-11-17/h14-15,17,21,24-25H,4-13H2,1-3H3. The number of ether oxygens (including phenoxy) is 1. The maximum atomic E-state index is 5.73. The molecule has 1 unspecified atom stereocenters. The lowest BCUT2D eigenvalue weighted by Crippen LogP contribution is -2.45. The third kappa shape index (κ3) is 3.69. The van der Waals surface area contributed by atoms with Crippen molar-refractivity contribution in [2.75, 3.05) is 26.7 Å². The molecular formula is C23H35N3O. The minimum atomic E-state index is 0.286. The van der Waals surface area contributed by atoms with Crippen molar-refractivity contribution >= 4 is 0 Å². The minimum absolute atomic E-state index is 0.286. The normalized spacial score (nSPS) is 26.7. The third-order valence-electron chi connectivity index (χ3n) is 6.68. The van der Waals surface area contributed by atoms with Crippen molar-refractivity contribution in [2.45, 2.75) is 70.9 Å². The van der Waals surface area contributed by atoms with Crippen LogP contribution in [-0.2, 0) is 4.74 Å². The first-order valence-corrected chi connectivity index (χ1v) is 10.9. The molecule has 1 atom stereocenters. The number of piperidine rings is 1. The smallest absolute Gasteiger partial charge is 0.122 e. The zero-order chi connectivity index (χ0) is 18.8. The number of methoxy groups -OCH3 is 1. The van der Waals surface area contributed by atoms with Crippen LogP contribution in [0.5, 0.6) is 0 Å². The van der Waals surface area contributed by atoms with Gasteiger partial charge in [-0.25, -0.2) is 0 Å². The number of allylic oxidation sites excluding steroid dienone is 3. The van der Waals surface area contributed by atoms with E-state index in [-0.39, 0.29) is 6.04 Å². The average Bonchev–Trinajstić information content (AvgIpc) is 2.73. The highest BCUT2D eigenvalue weighted by Crippen LogP contribution is 2.38. The molecular weight excluding hydrogens is 334 g/mol. The molecule has 4 aliphatic rings. The van der Waals surface area contributed by atoms with E-state index >= 15 is 0 Å². The Labute approximate surface area is 164 Å². The predicted octanol–water partition coefficient (Wildman–Crippen LogP) is 3.99. The molecule has 0 aromatic heterocycles. The molecule has 1 saturated heterocycles. The number of likely N-dealkylation sites (tertiary alicyclic amines) is 1. The van der Waals surface area contributed by atoms with Gasteiger partial charge in [-0.1, -0.05) is 19.9 Å². The van der Waals surface area contributed by atoms with Gasteiger partial charge in [-0.15, -0.1) is 0 Å². The second kappa shape index (κ2) is 8.14. The van der Waals surface area contributed by atoms with Gasteiger partial charge in [0.1, 0.15) is 5.76 Å². The summed E-state index contributed by atoms with van der Waals surface area (Å²) in [4.78, 5) is 2.56. The second-order valence-electron chi connectivity index (χ2n) is 8.23. The maximum Gasteiger partial charge on any atom is 0.122 e. The Bertz CT molecular complexity index is 692. The zero-order valence-electron chi connectivity index (χ0n) is 17.2. The first kappa shape index (κ1) is 18.7. The van der Waals surface area contributed by atoms with Gasteiger partial charge in [-0.3, -0.25) is 0 Å². The Morgan fingerprint density at radius 1 is 1.19 bits per heavy atom. The molecule has 2 N–H and O–H groups in total. The molecule has 0 spiro atoms. The van der Waals surface area contributed by atoms with E-state index in [1.54, 1.807) is 7.11 Å². The number of dihydropyridines is 1. The van der Waals surface area contributed by atoms with E-state index in [1.807, 2.05) is 0 Å². The molecule has 4 nitrogen and oxygen atoms in total. The van der Waals surface area contributed by atoms with Crippen molar-refractivity contribution in [3.8, 4) is 0 Å². The maximum absolute atomic E-state index is 5.73. The molecule has 4 heteroatoms. The van der Waals surface area contributed by atoms with E-state index in [9.17, 15) is 0 Å². The van der Waals surface area contributed by atoms with Crippen LogP contribution < -0.4 is 10.6 Å². The molecule has 27 heavy (non-hydrogen) atoms. The highest BCUT2D eigenvalue weighted by molar-refractivity contribution is 5.55. The van der Waals surface area contributed by atoms with Crippen molar-refractivity contribution in [1.82, 2.24) is 15.5 Å². The van der Waals surface area contributed by atoms with Crippen LogP contribution in [0.4, 0.5) is 0 Å². The summed E-state index contributed by atoms with van der Waals surface area (Å²) in [6.07, 6.45) is 13.1. The molecule has 4 rings (SSSR count). The van der Waals surface area contributed by atoms with Crippen LogP contribution >= 0.6 is 0 Å². The predicted molar refractivity (Wildman–Crippen MR) is 111 cm³/mol. The van der Waals surface area contributed by atoms with Crippen LogP contribution in [0.1, 0.15) is 58.8 Å². The van der Waals surface area contributed by atoms with Gasteiger partial charge in [0.2, 0.25) is 0 Å². The molecule has 0 bridgehead atoms. The first-order valence-electron chi connectivity index (χ1n) is 10.9. The van der Waals surface area contributed by atoms with Gasteiger partial charge in [-0.2, -0.15) is 0 Å². The van der Waals surface area contributed by atoms with Crippen LogP contribution in [0.15, 0.2) is 46.0 Å². The fourth-order valence-electron chi connectivity index (χ4n) is 5.00. The van der Waals surface area contributed by atoms with Gasteiger partial charge in [0, 0.05) is 36.1 Å². The van der Waals surface area contributed by atoms with Gasteiger partial charge >= 0.3 is 0 Å². The molecule has 1 fully saturated rings. The lowest BCUT2D eigenvalue weighted by Gasteiger charge is -2.39. The van der Waals surface area contributed by atoms with Crippen molar-refractivity contribution < 1.29 is 4.74 Å². The van der Waals surface area contributed by atoms with E-state index in [4.69, 9.17) is 4.74 Å². The number of hydrogen-bond donors (Lipinski definition) is 2. The summed E-state index contributed by atoms with van der Waals surface area (Å²) >= 11 is 0. The van der Waals surface area contributed by atoms with Crippen LogP contribution in [0, 0.1) is 0 Å². The van der Waals surface area contributed by atoms with Gasteiger partial charge < -0.3 is 20.3 Å². The zero-order valence-corrected chi connectivity index (χ0v) is 17.2. The van der Waals surface area contributed by atoms with E-state index in [1.165, 1.54) is 86.3 Å². The van der Waals surface area contributed by atoms with Gasteiger partial charge in [0.15, 0.2) is 0 Å². The third-order valence-corrected chi connectivity index (χ3v) is 6.68. The summed E-state index contributed by atoms with van der Waals surface area (Å²) in [7, 11) is 1.80. The SMILES string of the molecule is CCC1=CC2NC3=C(CCCC3)C(NC3CCN(CC)CC3)=C2C=C1OC. The summed E-state index contributed by atoms with van der Waals surface area (Å²) in [6, 6.07) is 0.870. The van der Waals surface area contributed by atoms with Crippen LogP contribution in [0.2, 0.25) is 0 Å². The van der Waals surface area contributed by atoms with Crippen molar-refractivity contribution in [3.05, 3.63) is 46.0 Å². The van der Waals surface area contributed by atoms with Crippen molar-refractivity contribution in [3.63, 3.8) is 0 Å². The first-order chi connectivity index (χ1) is 13.2. The highest BCUT2D eigenvalue weighted by Gasteiger charge is 2.32. The Morgan fingerprint density at radius 3 is 2.67 bits per heavy atom. The number of nitrogens with zero attached hydrogens (tertiary/aromatic N) is 1. The van der Waals surface area contributed by atoms with Crippen LogP contribution in [-0.4, -0.2) is 43.7 Å². The Morgan fingerprint density at radius 2 is 1.96 bits per heavy atom. The summed E-state index contributed by atoms with van der Waals surface area (Å²) in [6.45, 7) is 8.08. The molecule has 2 aliphatic heterocycles. The van der Waals surface area contributed by atoms with E-state index < -0.39 is 0 Å². The molecule has 0 radical (unpaired) electrons. The molecule has 148 valence electrons. The van der Waals surface area contributed by atoms with E-state index in [0.29, 0.717) is 6.04 Å². The topological polar surface area (TPSA) is 36.5 Å². The summed E-state index contributed by atoms with van der Waals surface area (Å²) in [5, 5.41) is 7.85. The number of rotatable bonds is 5. The molecule has 0 amide bonds. The van der Waals surface area contributed by atoms with Gasteiger partial charge in [-0.05, 0) is 68.7 Å². The summed E-state index contributed by atoms with van der Waals surface area (Å²) < 4.78 is 5.73. The fourth-order valence-corrected chi connectivity index (χ4v) is 5.00. The van der Waals surface area contributed by atoms with Gasteiger partial charge in [0.25, 0.3) is 0 Å². The average molecular weight is 370 g/mol. The van der Waals surface area contributed by atoms with Crippen LogP contribution in [0.25, 0.3) is 0 Å². The van der Waals surface area contributed by atoms with Crippen LogP contribution in [0.3, 0.4) is 0 Å². The molecule has 2 aliphatic carbocycles. The van der Waals surface area contributed by atoms with Crippen molar-refractivity contribution in [1.29, 1.82) is 0 Å². The lowest BCUT2D eigenvalue weighted by atomic mass is 9.82. The summed E-state index contributed by atoms with van der Waals surface area (Å²) in [5.74, 6) is 1.03. The molecule has 0 aromatic carbocycles.